The minimum Gasteiger partial charge on any atom is -0.388 e. The summed E-state index contributed by atoms with van der Waals surface area (Å²) in [7, 11) is 0. The van der Waals surface area contributed by atoms with Crippen molar-refractivity contribution in [2.45, 2.75) is 38.5 Å². The molecule has 0 radical (unpaired) electrons. The summed E-state index contributed by atoms with van der Waals surface area (Å²) in [4.78, 5) is 11.3. The van der Waals surface area contributed by atoms with Gasteiger partial charge in [-0.1, -0.05) is 15.9 Å². The van der Waals surface area contributed by atoms with Crippen LogP contribution in [0.5, 0.6) is 0 Å². The van der Waals surface area contributed by atoms with E-state index in [0.29, 0.717) is 0 Å². The molecular formula is C13H17BrN2O2. The van der Waals surface area contributed by atoms with E-state index in [1.165, 1.54) is 6.92 Å². The smallest absolute Gasteiger partial charge is 0.217 e. The highest BCUT2D eigenvalue weighted by Gasteiger charge is 2.41. The van der Waals surface area contributed by atoms with E-state index in [4.69, 9.17) is 0 Å². The highest BCUT2D eigenvalue weighted by Crippen LogP contribution is 2.38. The third kappa shape index (κ3) is 2.37. The first kappa shape index (κ1) is 13.4. The van der Waals surface area contributed by atoms with Gasteiger partial charge >= 0.3 is 0 Å². The molecular weight excluding hydrogens is 296 g/mol. The van der Waals surface area contributed by atoms with E-state index < -0.39 is 17.7 Å². The van der Waals surface area contributed by atoms with Crippen molar-refractivity contribution in [3.8, 4) is 0 Å². The van der Waals surface area contributed by atoms with Crippen LogP contribution < -0.4 is 10.6 Å². The van der Waals surface area contributed by atoms with Crippen LogP contribution in [0.4, 0.5) is 5.69 Å². The van der Waals surface area contributed by atoms with Crippen molar-refractivity contribution < 1.29 is 9.90 Å². The highest BCUT2D eigenvalue weighted by molar-refractivity contribution is 9.10. The first-order valence-corrected chi connectivity index (χ1v) is 6.63. The molecule has 18 heavy (non-hydrogen) atoms. The fourth-order valence-corrected chi connectivity index (χ4v) is 2.67. The largest absolute Gasteiger partial charge is 0.388 e. The van der Waals surface area contributed by atoms with E-state index in [-0.39, 0.29) is 5.91 Å². The summed E-state index contributed by atoms with van der Waals surface area (Å²) in [5.74, 6) is -0.150. The van der Waals surface area contributed by atoms with E-state index >= 15 is 0 Å². The highest BCUT2D eigenvalue weighted by atomic mass is 79.9. The van der Waals surface area contributed by atoms with Gasteiger partial charge in [0.05, 0.1) is 11.6 Å². The van der Waals surface area contributed by atoms with Crippen LogP contribution in [0, 0.1) is 0 Å². The standard InChI is InChI=1S/C13H17BrN2O2/c1-7(17)15-11-9-6-8(14)4-5-10(9)16-13(2,3)12(11)18/h4-6,11-12,16,18H,1-3H3,(H,15,17). The van der Waals surface area contributed by atoms with Crippen molar-refractivity contribution in [2.75, 3.05) is 5.32 Å². The Kier molecular flexibility index (Phi) is 3.38. The monoisotopic (exact) mass is 312 g/mol. The van der Waals surface area contributed by atoms with Crippen molar-refractivity contribution in [1.29, 1.82) is 0 Å². The molecule has 1 heterocycles. The van der Waals surface area contributed by atoms with E-state index in [0.717, 1.165) is 15.7 Å². The maximum absolute atomic E-state index is 11.3. The van der Waals surface area contributed by atoms with Crippen LogP contribution >= 0.6 is 15.9 Å². The first-order valence-electron chi connectivity index (χ1n) is 5.84. The average Bonchev–Trinajstić information content (AvgIpc) is 2.25. The minimum absolute atomic E-state index is 0.150. The Morgan fingerprint density at radius 1 is 1.50 bits per heavy atom. The molecule has 2 unspecified atom stereocenters. The van der Waals surface area contributed by atoms with Crippen LogP contribution in [0.25, 0.3) is 0 Å². The lowest BCUT2D eigenvalue weighted by molar-refractivity contribution is -0.121. The molecule has 3 N–H and O–H groups in total. The molecule has 0 saturated heterocycles. The Balaban J connectivity index is 2.49. The van der Waals surface area contributed by atoms with Crippen LogP contribution in [-0.2, 0) is 4.79 Å². The number of halogens is 1. The summed E-state index contributed by atoms with van der Waals surface area (Å²) in [5, 5.41) is 16.5. The van der Waals surface area contributed by atoms with Gasteiger partial charge in [-0.2, -0.15) is 0 Å². The number of hydrogen-bond donors (Lipinski definition) is 3. The van der Waals surface area contributed by atoms with Crippen LogP contribution in [0.3, 0.4) is 0 Å². The fourth-order valence-electron chi connectivity index (χ4n) is 2.29. The second-order valence-corrected chi connectivity index (χ2v) is 6.12. The second-order valence-electron chi connectivity index (χ2n) is 5.20. The van der Waals surface area contributed by atoms with Crippen molar-refractivity contribution in [3.05, 3.63) is 28.2 Å². The van der Waals surface area contributed by atoms with E-state index in [1.807, 2.05) is 32.0 Å². The zero-order valence-corrected chi connectivity index (χ0v) is 12.2. The van der Waals surface area contributed by atoms with Crippen LogP contribution in [0.15, 0.2) is 22.7 Å². The second kappa shape index (κ2) is 4.55. The number of amides is 1. The molecule has 1 amide bonds. The summed E-state index contributed by atoms with van der Waals surface area (Å²) in [6.07, 6.45) is -0.691. The lowest BCUT2D eigenvalue weighted by atomic mass is 9.82. The van der Waals surface area contributed by atoms with Gasteiger partial charge in [-0.15, -0.1) is 0 Å². The number of aliphatic hydroxyl groups excluding tert-OH is 1. The van der Waals surface area contributed by atoms with Gasteiger partial charge < -0.3 is 15.7 Å². The summed E-state index contributed by atoms with van der Waals surface area (Å²) >= 11 is 3.41. The molecule has 1 aliphatic rings. The molecule has 4 nitrogen and oxygen atoms in total. The number of hydrogen-bond acceptors (Lipinski definition) is 3. The van der Waals surface area contributed by atoms with E-state index in [9.17, 15) is 9.90 Å². The number of carbonyl (C=O) groups is 1. The maximum Gasteiger partial charge on any atom is 0.217 e. The van der Waals surface area contributed by atoms with E-state index in [2.05, 4.69) is 26.6 Å². The van der Waals surface area contributed by atoms with Crippen molar-refractivity contribution in [2.24, 2.45) is 0 Å². The van der Waals surface area contributed by atoms with Crippen LogP contribution in [-0.4, -0.2) is 22.7 Å². The predicted octanol–water partition coefficient (Wildman–Crippen LogP) is 2.19. The summed E-state index contributed by atoms with van der Waals surface area (Å²) in [6.45, 7) is 5.29. The molecule has 98 valence electrons. The predicted molar refractivity (Wildman–Crippen MR) is 74.4 cm³/mol. The maximum atomic E-state index is 11.3. The molecule has 2 rings (SSSR count). The van der Waals surface area contributed by atoms with Crippen molar-refractivity contribution >= 4 is 27.5 Å². The normalized spacial score (nSPS) is 24.9. The number of fused-ring (bicyclic) bond motifs is 1. The molecule has 1 aromatic rings. The third-order valence-corrected chi connectivity index (χ3v) is 3.71. The minimum atomic E-state index is -0.691. The average molecular weight is 313 g/mol. The molecule has 0 fully saturated rings. The topological polar surface area (TPSA) is 61.4 Å². The molecule has 0 spiro atoms. The molecule has 0 bridgehead atoms. The van der Waals surface area contributed by atoms with Gasteiger partial charge in [0.25, 0.3) is 0 Å². The molecule has 2 atom stereocenters. The molecule has 0 aliphatic carbocycles. The van der Waals surface area contributed by atoms with Gasteiger partial charge in [-0.3, -0.25) is 4.79 Å². The SMILES string of the molecule is CC(=O)NC1c2cc(Br)ccc2NC(C)(C)C1O. The lowest BCUT2D eigenvalue weighted by Crippen LogP contribution is -2.54. The first-order chi connectivity index (χ1) is 8.31. The lowest BCUT2D eigenvalue weighted by Gasteiger charge is -2.43. The van der Waals surface area contributed by atoms with Crippen LogP contribution in [0.2, 0.25) is 0 Å². The summed E-state index contributed by atoms with van der Waals surface area (Å²) in [5.41, 5.74) is 1.34. The Labute approximate surface area is 115 Å². The van der Waals surface area contributed by atoms with Crippen molar-refractivity contribution in [1.82, 2.24) is 5.32 Å². The quantitative estimate of drug-likeness (QED) is 0.745. The Hall–Kier alpha value is -1.07. The molecule has 1 aromatic carbocycles. The Morgan fingerprint density at radius 2 is 2.17 bits per heavy atom. The number of nitrogens with one attached hydrogen (secondary N) is 2. The van der Waals surface area contributed by atoms with Gasteiger partial charge in [0.2, 0.25) is 5.91 Å². The fraction of sp³-hybridized carbons (Fsp3) is 0.462. The zero-order chi connectivity index (χ0) is 13.5. The summed E-state index contributed by atoms with van der Waals surface area (Å²) in [6, 6.07) is 5.40. The Morgan fingerprint density at radius 3 is 2.78 bits per heavy atom. The molecule has 0 aromatic heterocycles. The van der Waals surface area contributed by atoms with E-state index in [1.54, 1.807) is 0 Å². The molecule has 0 saturated carbocycles. The van der Waals surface area contributed by atoms with Crippen molar-refractivity contribution in [3.63, 3.8) is 0 Å². The molecule has 5 heteroatoms. The zero-order valence-electron chi connectivity index (χ0n) is 10.6. The third-order valence-electron chi connectivity index (χ3n) is 3.22. The summed E-state index contributed by atoms with van der Waals surface area (Å²) < 4.78 is 0.922. The van der Waals surface area contributed by atoms with Gasteiger partial charge in [0, 0.05) is 22.6 Å². The number of anilines is 1. The van der Waals surface area contributed by atoms with Gasteiger partial charge in [0.15, 0.2) is 0 Å². The van der Waals surface area contributed by atoms with Crippen LogP contribution in [0.1, 0.15) is 32.4 Å². The number of carbonyl (C=O) groups excluding carboxylic acids is 1. The number of aliphatic hydroxyl groups is 1. The Bertz CT molecular complexity index is 488. The number of rotatable bonds is 1. The van der Waals surface area contributed by atoms with Gasteiger partial charge in [-0.05, 0) is 32.0 Å². The molecule has 1 aliphatic heterocycles. The number of benzene rings is 1. The van der Waals surface area contributed by atoms with Gasteiger partial charge in [0.1, 0.15) is 6.10 Å². The van der Waals surface area contributed by atoms with Gasteiger partial charge in [-0.25, -0.2) is 0 Å².